The van der Waals surface area contributed by atoms with Crippen LogP contribution in [0.2, 0.25) is 0 Å². The van der Waals surface area contributed by atoms with Crippen LogP contribution in [0.4, 0.5) is 5.13 Å². The van der Waals surface area contributed by atoms with E-state index < -0.39 is 0 Å². The first-order valence-electron chi connectivity index (χ1n) is 12.2. The Kier molecular flexibility index (Phi) is 7.16. The average Bonchev–Trinajstić information content (AvgIpc) is 3.37. The summed E-state index contributed by atoms with van der Waals surface area (Å²) in [5.41, 5.74) is 5.74. The van der Waals surface area contributed by atoms with Gasteiger partial charge in [-0.25, -0.2) is 4.98 Å². The summed E-state index contributed by atoms with van der Waals surface area (Å²) in [6.07, 6.45) is 7.05. The van der Waals surface area contributed by atoms with Crippen molar-refractivity contribution in [3.63, 3.8) is 0 Å². The highest BCUT2D eigenvalue weighted by Gasteiger charge is 2.19. The van der Waals surface area contributed by atoms with E-state index in [-0.39, 0.29) is 11.8 Å². The van der Waals surface area contributed by atoms with Crippen molar-refractivity contribution < 1.29 is 4.79 Å². The third kappa shape index (κ3) is 5.45. The Morgan fingerprint density at radius 3 is 2.09 bits per heavy atom. The van der Waals surface area contributed by atoms with Crippen molar-refractivity contribution in [2.75, 3.05) is 5.32 Å². The molecule has 4 heteroatoms. The van der Waals surface area contributed by atoms with Gasteiger partial charge in [-0.05, 0) is 35.4 Å². The van der Waals surface area contributed by atoms with Gasteiger partial charge in [0.15, 0.2) is 5.13 Å². The molecule has 1 heterocycles. The summed E-state index contributed by atoms with van der Waals surface area (Å²) >= 11 is 1.48. The van der Waals surface area contributed by atoms with E-state index in [1.54, 1.807) is 0 Å². The molecule has 3 aromatic carbocycles. The number of rotatable bonds is 7. The predicted octanol–water partition coefficient (Wildman–Crippen LogP) is 8.02. The molecule has 0 unspecified atom stereocenters. The van der Waals surface area contributed by atoms with Gasteiger partial charge in [-0.1, -0.05) is 104 Å². The Balaban J connectivity index is 1.26. The predicted molar refractivity (Wildman–Crippen MR) is 141 cm³/mol. The van der Waals surface area contributed by atoms with Gasteiger partial charge in [0.05, 0.1) is 5.69 Å². The lowest BCUT2D eigenvalue weighted by Crippen LogP contribution is -2.16. The fourth-order valence-electron chi connectivity index (χ4n) is 4.98. The minimum absolute atomic E-state index is 0.00849. The van der Waals surface area contributed by atoms with Gasteiger partial charge >= 0.3 is 0 Å². The summed E-state index contributed by atoms with van der Waals surface area (Å²) in [7, 11) is 0. The summed E-state index contributed by atoms with van der Waals surface area (Å²) in [5.74, 6) is 0.690. The zero-order valence-electron chi connectivity index (χ0n) is 19.3. The van der Waals surface area contributed by atoms with Crippen LogP contribution >= 0.6 is 11.3 Å². The first-order valence-corrected chi connectivity index (χ1v) is 13.1. The van der Waals surface area contributed by atoms with Crippen LogP contribution in [0, 0.1) is 0 Å². The maximum Gasteiger partial charge on any atom is 0.227 e. The van der Waals surface area contributed by atoms with E-state index in [0.717, 1.165) is 22.4 Å². The molecule has 4 aromatic rings. The lowest BCUT2D eigenvalue weighted by molar-refractivity contribution is -0.116. The molecule has 1 aliphatic rings. The molecule has 0 atom stereocenters. The van der Waals surface area contributed by atoms with Crippen molar-refractivity contribution in [2.24, 2.45) is 0 Å². The van der Waals surface area contributed by atoms with Crippen LogP contribution in [0.1, 0.15) is 67.1 Å². The average molecular weight is 467 g/mol. The van der Waals surface area contributed by atoms with Crippen molar-refractivity contribution in [3.05, 3.63) is 107 Å². The number of thiazole rings is 1. The van der Waals surface area contributed by atoms with Crippen LogP contribution in [-0.2, 0) is 4.79 Å². The molecule has 1 amide bonds. The second-order valence-electron chi connectivity index (χ2n) is 9.12. The minimum Gasteiger partial charge on any atom is -0.302 e. The van der Waals surface area contributed by atoms with Crippen molar-refractivity contribution >= 4 is 22.4 Å². The molecule has 1 saturated carbocycles. The number of nitrogens with one attached hydrogen (secondary N) is 1. The molecular formula is C30H30N2OS. The van der Waals surface area contributed by atoms with Gasteiger partial charge < -0.3 is 5.32 Å². The number of aromatic nitrogens is 1. The van der Waals surface area contributed by atoms with E-state index in [0.29, 0.717) is 17.5 Å². The van der Waals surface area contributed by atoms with Gasteiger partial charge in [0.1, 0.15) is 0 Å². The molecule has 172 valence electrons. The van der Waals surface area contributed by atoms with Gasteiger partial charge in [0.2, 0.25) is 5.91 Å². The highest BCUT2D eigenvalue weighted by molar-refractivity contribution is 7.14. The Labute approximate surface area is 205 Å². The molecule has 1 fully saturated rings. The number of amides is 1. The fourth-order valence-corrected chi connectivity index (χ4v) is 5.72. The first-order chi connectivity index (χ1) is 16.8. The molecule has 5 rings (SSSR count). The van der Waals surface area contributed by atoms with Crippen LogP contribution in [0.5, 0.6) is 0 Å². The normalized spacial score (nSPS) is 14.3. The van der Waals surface area contributed by atoms with Crippen LogP contribution in [-0.4, -0.2) is 10.9 Å². The molecule has 1 aliphatic carbocycles. The molecular weight excluding hydrogens is 436 g/mol. The fraction of sp³-hybridized carbons (Fsp3) is 0.267. The van der Waals surface area contributed by atoms with E-state index in [9.17, 15) is 4.79 Å². The Morgan fingerprint density at radius 2 is 1.47 bits per heavy atom. The largest absolute Gasteiger partial charge is 0.302 e. The van der Waals surface area contributed by atoms with Crippen molar-refractivity contribution in [3.8, 4) is 11.3 Å². The monoisotopic (exact) mass is 466 g/mol. The molecule has 0 saturated heterocycles. The number of anilines is 1. The van der Waals surface area contributed by atoms with E-state index in [4.69, 9.17) is 4.98 Å². The topological polar surface area (TPSA) is 42.0 Å². The van der Waals surface area contributed by atoms with E-state index in [1.165, 1.54) is 49.0 Å². The number of nitrogens with zero attached hydrogens (tertiary/aromatic N) is 1. The van der Waals surface area contributed by atoms with Crippen molar-refractivity contribution in [1.29, 1.82) is 0 Å². The van der Waals surface area contributed by atoms with Crippen LogP contribution < -0.4 is 5.32 Å². The molecule has 34 heavy (non-hydrogen) atoms. The molecule has 0 aliphatic heterocycles. The summed E-state index contributed by atoms with van der Waals surface area (Å²) in [6, 6.07) is 29.3. The zero-order chi connectivity index (χ0) is 23.2. The molecule has 3 nitrogen and oxygen atoms in total. The van der Waals surface area contributed by atoms with Gasteiger partial charge in [-0.2, -0.15) is 0 Å². The Morgan fingerprint density at radius 1 is 0.853 bits per heavy atom. The van der Waals surface area contributed by atoms with Crippen molar-refractivity contribution in [1.82, 2.24) is 4.98 Å². The maximum absolute atomic E-state index is 13.0. The van der Waals surface area contributed by atoms with E-state index in [1.807, 2.05) is 41.8 Å². The zero-order valence-corrected chi connectivity index (χ0v) is 20.1. The summed E-state index contributed by atoms with van der Waals surface area (Å²) in [5, 5.41) is 5.71. The molecule has 0 bridgehead atoms. The lowest BCUT2D eigenvalue weighted by Gasteiger charge is -2.22. The van der Waals surface area contributed by atoms with E-state index in [2.05, 4.69) is 53.8 Å². The van der Waals surface area contributed by atoms with Gasteiger partial charge in [0.25, 0.3) is 0 Å². The molecule has 1 aromatic heterocycles. The second kappa shape index (κ2) is 10.8. The SMILES string of the molecule is O=C(CC(c1ccccc1)c1ccccc1)Nc1nc(-c2ccc(C3CCCCC3)cc2)cs1. The van der Waals surface area contributed by atoms with E-state index >= 15 is 0 Å². The second-order valence-corrected chi connectivity index (χ2v) is 9.98. The lowest BCUT2D eigenvalue weighted by atomic mass is 9.84. The first kappa shape index (κ1) is 22.5. The smallest absolute Gasteiger partial charge is 0.227 e. The highest BCUT2D eigenvalue weighted by atomic mass is 32.1. The summed E-state index contributed by atoms with van der Waals surface area (Å²) in [4.78, 5) is 17.7. The molecule has 1 N–H and O–H groups in total. The molecule has 0 radical (unpaired) electrons. The summed E-state index contributed by atoms with van der Waals surface area (Å²) < 4.78 is 0. The number of carbonyl (C=O) groups is 1. The maximum atomic E-state index is 13.0. The third-order valence-electron chi connectivity index (χ3n) is 6.83. The standard InChI is InChI=1S/C30H30N2OS/c33-29(20-27(24-12-6-2-7-13-24)25-14-8-3-9-15-25)32-30-31-28(21-34-30)26-18-16-23(17-19-26)22-10-4-1-5-11-22/h2-3,6-9,12-19,21-22,27H,1,4-5,10-11,20H2,(H,31,32,33). The van der Waals surface area contributed by atoms with Crippen LogP contribution in [0.25, 0.3) is 11.3 Å². The van der Waals surface area contributed by atoms with Crippen LogP contribution in [0.3, 0.4) is 0 Å². The molecule has 0 spiro atoms. The highest BCUT2D eigenvalue weighted by Crippen LogP contribution is 2.34. The third-order valence-corrected chi connectivity index (χ3v) is 7.58. The Bertz CT molecular complexity index is 1160. The van der Waals surface area contributed by atoms with Crippen LogP contribution in [0.15, 0.2) is 90.3 Å². The van der Waals surface area contributed by atoms with Gasteiger partial charge in [0, 0.05) is 23.3 Å². The Hall–Kier alpha value is -3.24. The summed E-state index contributed by atoms with van der Waals surface area (Å²) in [6.45, 7) is 0. The van der Waals surface area contributed by atoms with Gasteiger partial charge in [-0.15, -0.1) is 11.3 Å². The number of hydrogen-bond donors (Lipinski definition) is 1. The number of carbonyl (C=O) groups excluding carboxylic acids is 1. The minimum atomic E-state index is -0.0220. The number of benzene rings is 3. The quantitative estimate of drug-likeness (QED) is 0.300. The van der Waals surface area contributed by atoms with Gasteiger partial charge in [-0.3, -0.25) is 4.79 Å². The number of hydrogen-bond acceptors (Lipinski definition) is 3. The van der Waals surface area contributed by atoms with Crippen molar-refractivity contribution in [2.45, 2.75) is 50.4 Å².